The van der Waals surface area contributed by atoms with E-state index in [-0.39, 0.29) is 22.8 Å². The summed E-state index contributed by atoms with van der Waals surface area (Å²) in [6.07, 6.45) is 0. The third kappa shape index (κ3) is 6.05. The molecule has 0 fully saturated rings. The summed E-state index contributed by atoms with van der Waals surface area (Å²) in [6.45, 7) is 6.58. The third-order valence-corrected chi connectivity index (χ3v) is 5.76. The Bertz CT molecular complexity index is 732. The van der Waals surface area contributed by atoms with Gasteiger partial charge in [0.15, 0.2) is 5.82 Å². The van der Waals surface area contributed by atoms with Crippen LogP contribution in [0.3, 0.4) is 0 Å². The first-order valence-electron chi connectivity index (χ1n) is 7.76. The monoisotopic (exact) mass is 401 g/mol. The summed E-state index contributed by atoms with van der Waals surface area (Å²) in [6, 6.07) is 5.39. The Labute approximate surface area is 159 Å². The number of anilines is 1. The highest BCUT2D eigenvalue weighted by molar-refractivity contribution is 8.01. The van der Waals surface area contributed by atoms with E-state index in [1.54, 1.807) is 24.8 Å². The fraction of sp³-hybridized carbons (Fsp3) is 0.438. The first-order chi connectivity index (χ1) is 11.9. The number of aromatic nitrogens is 1. The van der Waals surface area contributed by atoms with Gasteiger partial charge in [-0.3, -0.25) is 9.59 Å². The molecule has 2 amide bonds. The topological polar surface area (TPSA) is 75.4 Å². The Morgan fingerprint density at radius 1 is 1.48 bits per heavy atom. The zero-order valence-corrected chi connectivity index (χ0v) is 16.6. The Balaban J connectivity index is 1.81. The van der Waals surface area contributed by atoms with Crippen molar-refractivity contribution in [2.24, 2.45) is 0 Å². The summed E-state index contributed by atoms with van der Waals surface area (Å²) >= 11 is 8.69. The van der Waals surface area contributed by atoms with E-state index in [4.69, 9.17) is 16.1 Å². The van der Waals surface area contributed by atoms with Gasteiger partial charge in [0.25, 0.3) is 0 Å². The number of carbonyl (C=O) groups excluding carboxylic acids is 2. The average Bonchev–Trinajstić information content (AvgIpc) is 3.17. The number of amides is 2. The smallest absolute Gasteiger partial charge is 0.238 e. The molecule has 2 rings (SSSR count). The second-order valence-electron chi connectivity index (χ2n) is 5.38. The summed E-state index contributed by atoms with van der Waals surface area (Å²) in [7, 11) is 0. The third-order valence-electron chi connectivity index (χ3n) is 3.42. The molecule has 2 aromatic rings. The molecule has 1 N–H and O–H groups in total. The van der Waals surface area contributed by atoms with E-state index in [9.17, 15) is 9.59 Å². The van der Waals surface area contributed by atoms with Gasteiger partial charge >= 0.3 is 0 Å². The second-order valence-corrected chi connectivity index (χ2v) is 8.51. The van der Waals surface area contributed by atoms with Crippen LogP contribution in [0, 0.1) is 6.92 Å². The fourth-order valence-electron chi connectivity index (χ4n) is 2.02. The van der Waals surface area contributed by atoms with Crippen molar-refractivity contribution in [1.29, 1.82) is 0 Å². The molecule has 6 nitrogen and oxygen atoms in total. The van der Waals surface area contributed by atoms with Crippen molar-refractivity contribution in [3.05, 3.63) is 33.2 Å². The average molecular weight is 402 g/mol. The predicted octanol–water partition coefficient (Wildman–Crippen LogP) is 3.81. The molecule has 9 heteroatoms. The molecule has 1 unspecified atom stereocenters. The van der Waals surface area contributed by atoms with Crippen LogP contribution in [0.25, 0.3) is 0 Å². The van der Waals surface area contributed by atoms with Crippen LogP contribution < -0.4 is 5.32 Å². The summed E-state index contributed by atoms with van der Waals surface area (Å²) < 4.78 is 5.62. The number of thiophene rings is 1. The highest BCUT2D eigenvalue weighted by Gasteiger charge is 2.19. The minimum atomic E-state index is -0.379. The van der Waals surface area contributed by atoms with Crippen molar-refractivity contribution in [1.82, 2.24) is 10.1 Å². The maximum Gasteiger partial charge on any atom is 0.238 e. The van der Waals surface area contributed by atoms with Gasteiger partial charge in [-0.1, -0.05) is 16.8 Å². The molecule has 0 bridgehead atoms. The van der Waals surface area contributed by atoms with Gasteiger partial charge < -0.3 is 14.7 Å². The molecule has 25 heavy (non-hydrogen) atoms. The molecule has 2 aromatic heterocycles. The number of hydrogen-bond donors (Lipinski definition) is 1. The first-order valence-corrected chi connectivity index (χ1v) is 10.0. The van der Waals surface area contributed by atoms with Gasteiger partial charge in [0.1, 0.15) is 5.76 Å². The Morgan fingerprint density at radius 2 is 2.24 bits per heavy atom. The van der Waals surface area contributed by atoms with Crippen molar-refractivity contribution in [3.63, 3.8) is 0 Å². The first kappa shape index (κ1) is 19.8. The number of nitrogens with zero attached hydrogens (tertiary/aromatic N) is 2. The van der Waals surface area contributed by atoms with Crippen LogP contribution in [-0.2, 0) is 16.1 Å². The van der Waals surface area contributed by atoms with Crippen LogP contribution in [0.4, 0.5) is 5.82 Å². The molecule has 2 heterocycles. The summed E-state index contributed by atoms with van der Waals surface area (Å²) in [4.78, 5) is 27.3. The summed E-state index contributed by atoms with van der Waals surface area (Å²) in [5.41, 5.74) is 0. The van der Waals surface area contributed by atoms with E-state index in [1.165, 1.54) is 23.1 Å². The number of aryl methyl sites for hydroxylation is 1. The van der Waals surface area contributed by atoms with Gasteiger partial charge in [0, 0.05) is 17.5 Å². The maximum absolute atomic E-state index is 12.4. The van der Waals surface area contributed by atoms with Crippen LogP contribution in [0.15, 0.2) is 22.7 Å². The zero-order chi connectivity index (χ0) is 18.4. The Kier molecular flexibility index (Phi) is 7.34. The highest BCUT2D eigenvalue weighted by atomic mass is 35.5. The molecular formula is C16H20ClN3O3S2. The highest BCUT2D eigenvalue weighted by Crippen LogP contribution is 2.23. The number of thioether (sulfide) groups is 1. The van der Waals surface area contributed by atoms with Crippen molar-refractivity contribution in [2.45, 2.75) is 32.6 Å². The molecular weight excluding hydrogens is 382 g/mol. The molecule has 1 atom stereocenters. The number of rotatable bonds is 8. The molecule has 0 spiro atoms. The molecule has 0 aliphatic heterocycles. The predicted molar refractivity (Wildman–Crippen MR) is 102 cm³/mol. The lowest BCUT2D eigenvalue weighted by Gasteiger charge is -2.20. The van der Waals surface area contributed by atoms with Gasteiger partial charge in [-0.15, -0.1) is 23.1 Å². The summed E-state index contributed by atoms with van der Waals surface area (Å²) in [5.74, 6) is 1.02. The number of nitrogens with one attached hydrogen (secondary N) is 1. The summed E-state index contributed by atoms with van der Waals surface area (Å²) in [5, 5.41) is 6.01. The van der Waals surface area contributed by atoms with Crippen LogP contribution >= 0.6 is 34.7 Å². The minimum Gasteiger partial charge on any atom is -0.360 e. The van der Waals surface area contributed by atoms with Gasteiger partial charge in [-0.25, -0.2) is 0 Å². The molecule has 0 radical (unpaired) electrons. The van der Waals surface area contributed by atoms with E-state index in [1.807, 2.05) is 19.1 Å². The van der Waals surface area contributed by atoms with Gasteiger partial charge in [0.2, 0.25) is 11.8 Å². The van der Waals surface area contributed by atoms with Crippen molar-refractivity contribution in [2.75, 3.05) is 17.6 Å². The van der Waals surface area contributed by atoms with E-state index in [2.05, 4.69) is 10.5 Å². The molecule has 0 saturated carbocycles. The lowest BCUT2D eigenvalue weighted by Crippen LogP contribution is -2.33. The van der Waals surface area contributed by atoms with Gasteiger partial charge in [-0.2, -0.15) is 0 Å². The van der Waals surface area contributed by atoms with E-state index >= 15 is 0 Å². The molecule has 136 valence electrons. The van der Waals surface area contributed by atoms with Crippen LogP contribution in [0.1, 0.15) is 24.5 Å². The molecule has 0 aromatic carbocycles. The number of hydrogen-bond acceptors (Lipinski definition) is 6. The Morgan fingerprint density at radius 3 is 2.80 bits per heavy atom. The second kappa shape index (κ2) is 9.26. The molecule has 0 aliphatic rings. The maximum atomic E-state index is 12.4. The van der Waals surface area contributed by atoms with E-state index < -0.39 is 0 Å². The van der Waals surface area contributed by atoms with Gasteiger partial charge in [-0.05, 0) is 32.9 Å². The zero-order valence-electron chi connectivity index (χ0n) is 14.2. The molecule has 0 aliphatic carbocycles. The van der Waals surface area contributed by atoms with Crippen LogP contribution in [0.2, 0.25) is 4.34 Å². The quantitative estimate of drug-likeness (QED) is 0.727. The normalized spacial score (nSPS) is 12.0. The standard InChI is InChI=1S/C16H20ClN3O3S2/c1-4-20(8-12-5-6-13(17)25-12)15(21)9-24-11(3)16(22)18-14-7-10(2)23-19-14/h5-7,11H,4,8-9H2,1-3H3,(H,18,19,22). The largest absolute Gasteiger partial charge is 0.360 e. The lowest BCUT2D eigenvalue weighted by molar-refractivity contribution is -0.128. The van der Waals surface area contributed by atoms with Gasteiger partial charge in [0.05, 0.1) is 21.9 Å². The van der Waals surface area contributed by atoms with Crippen molar-refractivity contribution >= 4 is 52.3 Å². The molecule has 0 saturated heterocycles. The van der Waals surface area contributed by atoms with Crippen molar-refractivity contribution in [3.8, 4) is 0 Å². The van der Waals surface area contributed by atoms with E-state index in [0.717, 1.165) is 4.88 Å². The number of carbonyl (C=O) groups is 2. The SMILES string of the molecule is CCN(Cc1ccc(Cl)s1)C(=O)CSC(C)C(=O)Nc1cc(C)on1. The minimum absolute atomic E-state index is 0.00560. The number of halogens is 1. The van der Waals surface area contributed by atoms with Crippen LogP contribution in [0.5, 0.6) is 0 Å². The lowest BCUT2D eigenvalue weighted by atomic mass is 10.4. The van der Waals surface area contributed by atoms with E-state index in [0.29, 0.717) is 29.0 Å². The van der Waals surface area contributed by atoms with Crippen molar-refractivity contribution < 1.29 is 14.1 Å². The van der Waals surface area contributed by atoms with Crippen LogP contribution in [-0.4, -0.2) is 39.4 Å². The fourth-order valence-corrected chi connectivity index (χ4v) is 3.91. The Hall–Kier alpha value is -1.51.